The molecule has 0 atom stereocenters. The Bertz CT molecular complexity index is 506. The van der Waals surface area contributed by atoms with Crippen molar-refractivity contribution in [1.82, 2.24) is 0 Å². The van der Waals surface area contributed by atoms with E-state index in [-0.39, 0.29) is 0 Å². The van der Waals surface area contributed by atoms with Gasteiger partial charge in [-0.25, -0.2) is 8.42 Å². The topological polar surface area (TPSA) is 55.4 Å². The van der Waals surface area contributed by atoms with Gasteiger partial charge in [-0.1, -0.05) is 6.92 Å². The minimum absolute atomic E-state index is 0.355. The van der Waals surface area contributed by atoms with Gasteiger partial charge < -0.3 is 4.74 Å². The first-order valence-electron chi connectivity index (χ1n) is 5.75. The van der Waals surface area contributed by atoms with Crippen molar-refractivity contribution in [1.29, 1.82) is 0 Å². The van der Waals surface area contributed by atoms with Gasteiger partial charge in [0.15, 0.2) is 0 Å². The van der Waals surface area contributed by atoms with E-state index >= 15 is 0 Å². The second-order valence-corrected chi connectivity index (χ2v) is 6.11. The monoisotopic (exact) mass is 255 g/mol. The van der Waals surface area contributed by atoms with E-state index in [9.17, 15) is 8.42 Å². The molecule has 0 unspecified atom stereocenters. The van der Waals surface area contributed by atoms with E-state index in [0.29, 0.717) is 11.8 Å². The van der Waals surface area contributed by atoms with Gasteiger partial charge >= 0.3 is 0 Å². The lowest BCUT2D eigenvalue weighted by molar-refractivity contribution is 0.303. The zero-order valence-corrected chi connectivity index (χ0v) is 10.9. The minimum Gasteiger partial charge on any atom is -0.490 e. The molecule has 5 heteroatoms. The smallest absolute Gasteiger partial charge is 0.229 e. The maximum atomic E-state index is 11.2. The van der Waals surface area contributed by atoms with Crippen LogP contribution in [0, 0.1) is 0 Å². The van der Waals surface area contributed by atoms with Crippen LogP contribution in [-0.4, -0.2) is 20.8 Å². The molecule has 1 aromatic rings. The Kier molecular flexibility index (Phi) is 3.28. The lowest BCUT2D eigenvalue weighted by atomic mass is 10.1. The highest BCUT2D eigenvalue weighted by Crippen LogP contribution is 2.29. The normalized spacial score (nSPS) is 15.6. The number of nitrogens with one attached hydrogen (secondary N) is 1. The summed E-state index contributed by atoms with van der Waals surface area (Å²) >= 11 is 0. The van der Waals surface area contributed by atoms with E-state index in [1.165, 1.54) is 0 Å². The fraction of sp³-hybridized carbons (Fsp3) is 0.500. The summed E-state index contributed by atoms with van der Waals surface area (Å²) in [6.07, 6.45) is 4.50. The largest absolute Gasteiger partial charge is 0.490 e. The van der Waals surface area contributed by atoms with Gasteiger partial charge in [-0.2, -0.15) is 0 Å². The van der Waals surface area contributed by atoms with Crippen LogP contribution in [-0.2, 0) is 16.4 Å². The van der Waals surface area contributed by atoms with Crippen LogP contribution in [0.25, 0.3) is 0 Å². The average Bonchev–Trinajstić information content (AvgIpc) is 3.02. The summed E-state index contributed by atoms with van der Waals surface area (Å²) in [6, 6.07) is 5.48. The number of benzene rings is 1. The summed E-state index contributed by atoms with van der Waals surface area (Å²) in [6.45, 7) is 1.99. The van der Waals surface area contributed by atoms with Crippen LogP contribution in [0.15, 0.2) is 18.2 Å². The van der Waals surface area contributed by atoms with Gasteiger partial charge in [0.25, 0.3) is 0 Å². The highest BCUT2D eigenvalue weighted by Gasteiger charge is 2.23. The fourth-order valence-electron chi connectivity index (χ4n) is 1.61. The molecule has 0 radical (unpaired) electrons. The van der Waals surface area contributed by atoms with Crippen LogP contribution in [0.1, 0.15) is 25.3 Å². The molecule has 0 heterocycles. The molecule has 0 aliphatic heterocycles. The van der Waals surface area contributed by atoms with Crippen LogP contribution < -0.4 is 9.46 Å². The molecule has 0 aromatic heterocycles. The summed E-state index contributed by atoms with van der Waals surface area (Å²) in [5.41, 5.74) is 1.59. The highest BCUT2D eigenvalue weighted by atomic mass is 32.2. The molecule has 1 aromatic carbocycles. The number of sulfonamides is 1. The Hall–Kier alpha value is -1.23. The van der Waals surface area contributed by atoms with Crippen LogP contribution >= 0.6 is 0 Å². The van der Waals surface area contributed by atoms with Gasteiger partial charge in [-0.05, 0) is 43.0 Å². The molecule has 0 spiro atoms. The molecule has 1 aliphatic rings. The Morgan fingerprint density at radius 3 is 2.65 bits per heavy atom. The molecule has 0 amide bonds. The van der Waals surface area contributed by atoms with Crippen molar-refractivity contribution in [2.24, 2.45) is 0 Å². The maximum absolute atomic E-state index is 11.2. The highest BCUT2D eigenvalue weighted by molar-refractivity contribution is 7.92. The van der Waals surface area contributed by atoms with Gasteiger partial charge in [0.1, 0.15) is 5.75 Å². The molecule has 0 bridgehead atoms. The fourth-order valence-corrected chi connectivity index (χ4v) is 2.21. The van der Waals surface area contributed by atoms with Crippen LogP contribution in [0.5, 0.6) is 5.75 Å². The number of hydrogen-bond donors (Lipinski definition) is 1. The van der Waals surface area contributed by atoms with Gasteiger partial charge in [0.2, 0.25) is 10.0 Å². The molecule has 0 saturated heterocycles. The minimum atomic E-state index is -3.22. The van der Waals surface area contributed by atoms with E-state index in [1.54, 1.807) is 6.07 Å². The molecule has 1 fully saturated rings. The first-order valence-corrected chi connectivity index (χ1v) is 7.64. The zero-order valence-electron chi connectivity index (χ0n) is 10.1. The van der Waals surface area contributed by atoms with Crippen LogP contribution in [0.2, 0.25) is 0 Å². The molecule has 2 rings (SSSR count). The average molecular weight is 255 g/mol. The van der Waals surface area contributed by atoms with Gasteiger partial charge in [0, 0.05) is 0 Å². The Morgan fingerprint density at radius 1 is 1.41 bits per heavy atom. The molecular formula is C12H17NO3S. The van der Waals surface area contributed by atoms with Crippen LogP contribution in [0.4, 0.5) is 5.69 Å². The van der Waals surface area contributed by atoms with Gasteiger partial charge in [-0.15, -0.1) is 0 Å². The van der Waals surface area contributed by atoms with Crippen molar-refractivity contribution in [3.63, 3.8) is 0 Å². The second kappa shape index (κ2) is 4.56. The molecule has 94 valence electrons. The van der Waals surface area contributed by atoms with E-state index in [4.69, 9.17) is 4.74 Å². The van der Waals surface area contributed by atoms with E-state index in [1.807, 2.05) is 19.1 Å². The Morgan fingerprint density at radius 2 is 2.12 bits per heavy atom. The number of rotatable bonds is 5. The number of hydrogen-bond acceptors (Lipinski definition) is 3. The number of ether oxygens (including phenoxy) is 1. The van der Waals surface area contributed by atoms with Crippen molar-refractivity contribution in [3.05, 3.63) is 23.8 Å². The second-order valence-electron chi connectivity index (χ2n) is 4.36. The quantitative estimate of drug-likeness (QED) is 0.877. The molecule has 1 aliphatic carbocycles. The third-order valence-corrected chi connectivity index (χ3v) is 3.17. The van der Waals surface area contributed by atoms with Crippen molar-refractivity contribution >= 4 is 15.7 Å². The maximum Gasteiger partial charge on any atom is 0.229 e. The van der Waals surface area contributed by atoms with E-state index in [0.717, 1.165) is 36.8 Å². The molecule has 4 nitrogen and oxygen atoms in total. The first kappa shape index (κ1) is 12.2. The number of anilines is 1. The third kappa shape index (κ3) is 3.63. The predicted molar refractivity (Wildman–Crippen MR) is 67.9 cm³/mol. The lowest BCUT2D eigenvalue weighted by Crippen LogP contribution is -2.11. The summed E-state index contributed by atoms with van der Waals surface area (Å²) in [5.74, 6) is 0.823. The van der Waals surface area contributed by atoms with E-state index in [2.05, 4.69) is 4.72 Å². The molecule has 17 heavy (non-hydrogen) atoms. The predicted octanol–water partition coefficient (Wildman–Crippen LogP) is 2.16. The molecule has 1 N–H and O–H groups in total. The zero-order chi connectivity index (χ0) is 12.5. The third-order valence-electron chi connectivity index (χ3n) is 2.58. The SMILES string of the molecule is CCc1cc(OC2CC2)ccc1NS(C)(=O)=O. The Balaban J connectivity index is 2.21. The summed E-state index contributed by atoms with van der Waals surface area (Å²) in [4.78, 5) is 0. The Labute approximate surface area is 102 Å². The number of aryl methyl sites for hydroxylation is 1. The molecular weight excluding hydrogens is 238 g/mol. The van der Waals surface area contributed by atoms with Crippen molar-refractivity contribution in [2.45, 2.75) is 32.3 Å². The van der Waals surface area contributed by atoms with Crippen molar-refractivity contribution < 1.29 is 13.2 Å². The van der Waals surface area contributed by atoms with Gasteiger partial charge in [-0.3, -0.25) is 4.72 Å². The summed E-state index contributed by atoms with van der Waals surface area (Å²) < 4.78 is 30.6. The van der Waals surface area contributed by atoms with Crippen LogP contribution in [0.3, 0.4) is 0 Å². The first-order chi connectivity index (χ1) is 7.98. The van der Waals surface area contributed by atoms with Gasteiger partial charge in [0.05, 0.1) is 18.0 Å². The standard InChI is InChI=1S/C12H17NO3S/c1-3-9-8-11(16-10-4-5-10)6-7-12(9)13-17(2,14)15/h6-8,10,13H,3-5H2,1-2H3. The van der Waals surface area contributed by atoms with E-state index < -0.39 is 10.0 Å². The molecule has 1 saturated carbocycles. The van der Waals surface area contributed by atoms with Crippen molar-refractivity contribution in [3.8, 4) is 5.75 Å². The summed E-state index contributed by atoms with van der Waals surface area (Å²) in [5, 5.41) is 0. The summed E-state index contributed by atoms with van der Waals surface area (Å²) in [7, 11) is -3.22. The lowest BCUT2D eigenvalue weighted by Gasteiger charge is -2.12. The van der Waals surface area contributed by atoms with Crippen molar-refractivity contribution in [2.75, 3.05) is 11.0 Å².